The van der Waals surface area contributed by atoms with E-state index in [1.807, 2.05) is 18.2 Å². The molecule has 4 aromatic rings. The highest BCUT2D eigenvalue weighted by atomic mass is 35.5. The Morgan fingerprint density at radius 3 is 2.74 bits per heavy atom. The average Bonchev–Trinajstić information content (AvgIpc) is 2.76. The van der Waals surface area contributed by atoms with Crippen molar-refractivity contribution in [2.75, 3.05) is 0 Å². The van der Waals surface area contributed by atoms with Crippen molar-refractivity contribution >= 4 is 44.4 Å². The van der Waals surface area contributed by atoms with Crippen molar-refractivity contribution in [2.24, 2.45) is 7.05 Å². The summed E-state index contributed by atoms with van der Waals surface area (Å²) < 4.78 is 2.22. The maximum Gasteiger partial charge on any atom is 0.238 e. The van der Waals surface area contributed by atoms with Gasteiger partial charge in [0.15, 0.2) is 0 Å². The summed E-state index contributed by atoms with van der Waals surface area (Å²) in [5.74, 6) is 0. The second-order valence-electron chi connectivity index (χ2n) is 4.84. The van der Waals surface area contributed by atoms with E-state index >= 15 is 0 Å². The Morgan fingerprint density at radius 1 is 1.00 bits per heavy atom. The van der Waals surface area contributed by atoms with Gasteiger partial charge in [0.25, 0.3) is 0 Å². The molecule has 92 valence electrons. The molecule has 2 nitrogen and oxygen atoms in total. The summed E-state index contributed by atoms with van der Waals surface area (Å²) >= 11 is 6.08. The highest BCUT2D eigenvalue weighted by Gasteiger charge is 2.16. The maximum atomic E-state index is 6.08. The fourth-order valence-electron chi connectivity index (χ4n) is 2.84. The average molecular weight is 268 g/mol. The predicted molar refractivity (Wildman–Crippen MR) is 79.5 cm³/mol. The van der Waals surface area contributed by atoms with Gasteiger partial charge in [-0.15, -0.1) is 0 Å². The van der Waals surface area contributed by atoms with Crippen LogP contribution in [0.2, 0.25) is 5.02 Å². The minimum absolute atomic E-state index is 0.767. The molecule has 2 aromatic carbocycles. The molecule has 0 fully saturated rings. The fourth-order valence-corrected chi connectivity index (χ4v) is 3.02. The van der Waals surface area contributed by atoms with Gasteiger partial charge < -0.3 is 4.98 Å². The number of rotatable bonds is 0. The Kier molecular flexibility index (Phi) is 2.12. The van der Waals surface area contributed by atoms with Gasteiger partial charge in [-0.3, -0.25) is 0 Å². The van der Waals surface area contributed by atoms with Crippen molar-refractivity contribution in [3.63, 3.8) is 0 Å². The molecule has 0 radical (unpaired) electrons. The summed E-state index contributed by atoms with van der Waals surface area (Å²) in [5.41, 5.74) is 4.71. The predicted octanol–water partition coefficient (Wildman–Crippen LogP) is 3.95. The van der Waals surface area contributed by atoms with E-state index in [4.69, 9.17) is 11.6 Å². The van der Waals surface area contributed by atoms with Crippen LogP contribution in [0.15, 0.2) is 48.5 Å². The topological polar surface area (TPSA) is 19.7 Å². The first kappa shape index (κ1) is 10.8. The van der Waals surface area contributed by atoms with Crippen molar-refractivity contribution in [1.82, 2.24) is 4.98 Å². The molecule has 0 spiro atoms. The first-order chi connectivity index (χ1) is 9.24. The van der Waals surface area contributed by atoms with Gasteiger partial charge in [-0.1, -0.05) is 23.7 Å². The van der Waals surface area contributed by atoms with Crippen LogP contribution in [0.5, 0.6) is 0 Å². The number of para-hydroxylation sites is 1. The molecule has 2 aromatic heterocycles. The van der Waals surface area contributed by atoms with Crippen molar-refractivity contribution < 1.29 is 4.57 Å². The number of hydrogen-bond acceptors (Lipinski definition) is 0. The highest BCUT2D eigenvalue weighted by molar-refractivity contribution is 6.31. The van der Waals surface area contributed by atoms with Gasteiger partial charge in [0.05, 0.1) is 10.9 Å². The normalized spacial score (nSPS) is 11.7. The lowest BCUT2D eigenvalue weighted by Gasteiger charge is -1.99. The SMILES string of the molecule is C[n+]1c2ccc(Cl)cc2cc2[nH]c3ccccc3c21. The molecule has 4 rings (SSSR count). The van der Waals surface area contributed by atoms with Gasteiger partial charge >= 0.3 is 0 Å². The smallest absolute Gasteiger partial charge is 0.238 e. The number of halogens is 1. The zero-order chi connectivity index (χ0) is 13.0. The first-order valence-electron chi connectivity index (χ1n) is 6.23. The number of aryl methyl sites for hydroxylation is 1. The zero-order valence-electron chi connectivity index (χ0n) is 10.4. The van der Waals surface area contributed by atoms with Gasteiger partial charge in [0.1, 0.15) is 12.6 Å². The molecule has 0 unspecified atom stereocenters. The standard InChI is InChI=1S/C16H11ClN2/c1-19-15-7-6-11(17)8-10(15)9-14-16(19)12-4-2-3-5-13(12)18-14/h2-9H,1H3/p+1. The molecular formula is C16H12ClN2+. The Morgan fingerprint density at radius 2 is 1.84 bits per heavy atom. The number of nitrogens with zero attached hydrogens (tertiary/aromatic N) is 1. The molecule has 0 aliphatic rings. The fraction of sp³-hybridized carbons (Fsp3) is 0.0625. The van der Waals surface area contributed by atoms with Gasteiger partial charge in [0.2, 0.25) is 11.0 Å². The van der Waals surface area contributed by atoms with Crippen LogP contribution in [0, 0.1) is 0 Å². The van der Waals surface area contributed by atoms with Gasteiger partial charge in [-0.05, 0) is 30.3 Å². The molecule has 3 heteroatoms. The van der Waals surface area contributed by atoms with E-state index in [2.05, 4.69) is 46.9 Å². The van der Waals surface area contributed by atoms with Crippen LogP contribution >= 0.6 is 11.6 Å². The van der Waals surface area contributed by atoms with Crippen LogP contribution in [0.3, 0.4) is 0 Å². The number of fused-ring (bicyclic) bond motifs is 4. The third kappa shape index (κ3) is 1.47. The van der Waals surface area contributed by atoms with Crippen LogP contribution < -0.4 is 4.57 Å². The van der Waals surface area contributed by atoms with Crippen molar-refractivity contribution in [2.45, 2.75) is 0 Å². The lowest BCUT2D eigenvalue weighted by molar-refractivity contribution is -0.616. The van der Waals surface area contributed by atoms with Crippen LogP contribution in [0.4, 0.5) is 0 Å². The summed E-state index contributed by atoms with van der Waals surface area (Å²) in [6.07, 6.45) is 0. The van der Waals surface area contributed by atoms with Crippen LogP contribution in [-0.4, -0.2) is 4.98 Å². The second kappa shape index (κ2) is 3.72. The highest BCUT2D eigenvalue weighted by Crippen LogP contribution is 2.26. The number of hydrogen-bond donors (Lipinski definition) is 1. The Hall–Kier alpha value is -2.06. The van der Waals surface area contributed by atoms with Gasteiger partial charge in [0, 0.05) is 16.5 Å². The molecule has 0 amide bonds. The molecule has 1 N–H and O–H groups in total. The second-order valence-corrected chi connectivity index (χ2v) is 5.28. The van der Waals surface area contributed by atoms with Crippen LogP contribution in [-0.2, 0) is 7.05 Å². The number of aromatic nitrogens is 2. The largest absolute Gasteiger partial charge is 0.349 e. The molecular weight excluding hydrogens is 256 g/mol. The summed E-state index contributed by atoms with van der Waals surface area (Å²) in [6.45, 7) is 0. The van der Waals surface area contributed by atoms with Crippen molar-refractivity contribution in [1.29, 1.82) is 0 Å². The van der Waals surface area contributed by atoms with Crippen molar-refractivity contribution in [3.05, 3.63) is 53.6 Å². The van der Waals surface area contributed by atoms with E-state index in [9.17, 15) is 0 Å². The first-order valence-corrected chi connectivity index (χ1v) is 6.60. The van der Waals surface area contributed by atoms with Gasteiger partial charge in [-0.25, -0.2) is 0 Å². The van der Waals surface area contributed by atoms with Gasteiger partial charge in [-0.2, -0.15) is 4.57 Å². The lowest BCUT2D eigenvalue weighted by atomic mass is 10.1. The Bertz CT molecular complexity index is 938. The molecule has 0 aliphatic heterocycles. The maximum absolute atomic E-state index is 6.08. The number of nitrogens with one attached hydrogen (secondary N) is 1. The minimum Gasteiger partial charge on any atom is -0.349 e. The third-order valence-electron chi connectivity index (χ3n) is 3.69. The number of H-pyrrole nitrogens is 1. The summed E-state index contributed by atoms with van der Waals surface area (Å²) in [7, 11) is 2.10. The summed E-state index contributed by atoms with van der Waals surface area (Å²) in [5, 5.41) is 3.16. The lowest BCUT2D eigenvalue weighted by Crippen LogP contribution is -2.29. The number of benzene rings is 2. The summed E-state index contributed by atoms with van der Waals surface area (Å²) in [6, 6.07) is 16.5. The molecule has 0 saturated heterocycles. The Labute approximate surface area is 115 Å². The van der Waals surface area contributed by atoms with E-state index in [0.717, 1.165) is 21.4 Å². The van der Waals surface area contributed by atoms with E-state index in [1.54, 1.807) is 0 Å². The van der Waals surface area contributed by atoms with Crippen molar-refractivity contribution in [3.8, 4) is 0 Å². The Balaban J connectivity index is 2.30. The number of pyridine rings is 1. The molecule has 19 heavy (non-hydrogen) atoms. The van der Waals surface area contributed by atoms with E-state index in [0.29, 0.717) is 0 Å². The van der Waals surface area contributed by atoms with E-state index in [1.165, 1.54) is 16.4 Å². The zero-order valence-corrected chi connectivity index (χ0v) is 11.2. The van der Waals surface area contributed by atoms with E-state index in [-0.39, 0.29) is 0 Å². The molecule has 2 heterocycles. The van der Waals surface area contributed by atoms with Crippen LogP contribution in [0.25, 0.3) is 32.8 Å². The molecule has 0 aliphatic carbocycles. The molecule has 0 saturated carbocycles. The minimum atomic E-state index is 0.767. The molecule has 0 bridgehead atoms. The monoisotopic (exact) mass is 267 g/mol. The number of aromatic amines is 1. The molecule has 0 atom stereocenters. The van der Waals surface area contributed by atoms with Crippen LogP contribution in [0.1, 0.15) is 0 Å². The quantitative estimate of drug-likeness (QED) is 0.466. The third-order valence-corrected chi connectivity index (χ3v) is 3.93. The summed E-state index contributed by atoms with van der Waals surface area (Å²) in [4.78, 5) is 3.47. The van der Waals surface area contributed by atoms with E-state index < -0.39 is 0 Å².